The summed E-state index contributed by atoms with van der Waals surface area (Å²) in [5, 5.41) is 0. The second kappa shape index (κ2) is 4.19. The standard InChI is InChI=1S/C14H12Br/c1-10-4-3-5-12(8-10)14-9-13(15)7-6-11(14)2/h3,5-9H,1-2H3. The van der Waals surface area contributed by atoms with Crippen molar-refractivity contribution < 1.29 is 0 Å². The van der Waals surface area contributed by atoms with Crippen LogP contribution in [-0.2, 0) is 0 Å². The Balaban J connectivity index is 2.58. The molecule has 0 saturated carbocycles. The van der Waals surface area contributed by atoms with Gasteiger partial charge in [0.2, 0.25) is 0 Å². The number of rotatable bonds is 1. The van der Waals surface area contributed by atoms with Gasteiger partial charge in [-0.05, 0) is 54.3 Å². The Bertz CT molecular complexity index is 486. The number of aryl methyl sites for hydroxylation is 2. The summed E-state index contributed by atoms with van der Waals surface area (Å²) in [6, 6.07) is 15.8. The molecule has 1 radical (unpaired) electrons. The largest absolute Gasteiger partial charge is 0.0576 e. The third-order valence-electron chi connectivity index (χ3n) is 2.46. The van der Waals surface area contributed by atoms with Gasteiger partial charge in [-0.3, -0.25) is 0 Å². The highest BCUT2D eigenvalue weighted by molar-refractivity contribution is 9.10. The minimum absolute atomic E-state index is 1.12. The molecule has 0 heterocycles. The summed E-state index contributed by atoms with van der Waals surface area (Å²) in [7, 11) is 0. The molecule has 0 bridgehead atoms. The van der Waals surface area contributed by atoms with Crippen molar-refractivity contribution in [2.24, 2.45) is 0 Å². The van der Waals surface area contributed by atoms with E-state index in [0.29, 0.717) is 0 Å². The smallest absolute Gasteiger partial charge is 0.0181 e. The van der Waals surface area contributed by atoms with E-state index >= 15 is 0 Å². The first-order valence-electron chi connectivity index (χ1n) is 4.92. The average Bonchev–Trinajstić information content (AvgIpc) is 2.22. The van der Waals surface area contributed by atoms with Gasteiger partial charge in [-0.15, -0.1) is 0 Å². The second-order valence-electron chi connectivity index (χ2n) is 3.72. The lowest BCUT2D eigenvalue weighted by atomic mass is 9.99. The van der Waals surface area contributed by atoms with E-state index in [1.54, 1.807) is 0 Å². The van der Waals surface area contributed by atoms with E-state index < -0.39 is 0 Å². The van der Waals surface area contributed by atoms with E-state index in [1.165, 1.54) is 22.3 Å². The van der Waals surface area contributed by atoms with Crippen molar-refractivity contribution in [2.45, 2.75) is 13.8 Å². The molecule has 0 aliphatic rings. The Morgan fingerprint density at radius 2 is 1.87 bits per heavy atom. The van der Waals surface area contributed by atoms with Gasteiger partial charge in [-0.1, -0.05) is 40.2 Å². The Labute approximate surface area is 99.1 Å². The fraction of sp³-hybridized carbons (Fsp3) is 0.143. The summed E-state index contributed by atoms with van der Waals surface area (Å²) in [6.45, 7) is 4.20. The van der Waals surface area contributed by atoms with Gasteiger partial charge >= 0.3 is 0 Å². The fourth-order valence-corrected chi connectivity index (χ4v) is 2.02. The molecule has 2 rings (SSSR count). The molecule has 0 N–H and O–H groups in total. The molecule has 0 aliphatic heterocycles. The third kappa shape index (κ3) is 2.29. The molecule has 0 saturated heterocycles. The van der Waals surface area contributed by atoms with E-state index in [2.05, 4.69) is 66.2 Å². The highest BCUT2D eigenvalue weighted by atomic mass is 79.9. The van der Waals surface area contributed by atoms with Gasteiger partial charge in [0, 0.05) is 4.47 Å². The van der Waals surface area contributed by atoms with Crippen molar-refractivity contribution in [3.05, 3.63) is 58.1 Å². The summed E-state index contributed by atoms with van der Waals surface area (Å²) in [6.07, 6.45) is 0. The Morgan fingerprint density at radius 1 is 1.07 bits per heavy atom. The highest BCUT2D eigenvalue weighted by Gasteiger charge is 2.02. The maximum absolute atomic E-state index is 3.50. The quantitative estimate of drug-likeness (QED) is 0.706. The second-order valence-corrected chi connectivity index (χ2v) is 4.64. The first-order chi connectivity index (χ1) is 7.16. The molecule has 2 aromatic rings. The zero-order valence-corrected chi connectivity index (χ0v) is 10.4. The van der Waals surface area contributed by atoms with Crippen LogP contribution in [0.2, 0.25) is 0 Å². The van der Waals surface area contributed by atoms with Crippen LogP contribution in [0.15, 0.2) is 40.9 Å². The average molecular weight is 260 g/mol. The maximum Gasteiger partial charge on any atom is 0.0181 e. The molecule has 75 valence electrons. The van der Waals surface area contributed by atoms with Crippen LogP contribution in [0.25, 0.3) is 11.1 Å². The molecular weight excluding hydrogens is 248 g/mol. The molecule has 0 nitrogen and oxygen atoms in total. The minimum atomic E-state index is 1.12. The van der Waals surface area contributed by atoms with Crippen LogP contribution in [0.5, 0.6) is 0 Å². The summed E-state index contributed by atoms with van der Waals surface area (Å²) in [5.74, 6) is 0. The molecule has 0 atom stereocenters. The monoisotopic (exact) mass is 259 g/mol. The van der Waals surface area contributed by atoms with Gasteiger partial charge in [0.25, 0.3) is 0 Å². The van der Waals surface area contributed by atoms with Gasteiger partial charge in [0.1, 0.15) is 0 Å². The van der Waals surface area contributed by atoms with Gasteiger partial charge < -0.3 is 0 Å². The van der Waals surface area contributed by atoms with E-state index in [-0.39, 0.29) is 0 Å². The van der Waals surface area contributed by atoms with Crippen LogP contribution in [-0.4, -0.2) is 0 Å². The summed E-state index contributed by atoms with van der Waals surface area (Å²) in [4.78, 5) is 0. The summed E-state index contributed by atoms with van der Waals surface area (Å²) in [5.41, 5.74) is 5.00. The Kier molecular flexibility index (Phi) is 2.92. The summed E-state index contributed by atoms with van der Waals surface area (Å²) < 4.78 is 1.12. The lowest BCUT2D eigenvalue weighted by Gasteiger charge is -2.07. The molecule has 0 aliphatic carbocycles. The Morgan fingerprint density at radius 3 is 2.60 bits per heavy atom. The zero-order valence-electron chi connectivity index (χ0n) is 8.84. The number of benzene rings is 2. The number of hydrogen-bond acceptors (Lipinski definition) is 0. The molecule has 1 heteroatoms. The van der Waals surface area contributed by atoms with Crippen molar-refractivity contribution in [2.75, 3.05) is 0 Å². The SMILES string of the molecule is Cc1[c]ccc(-c2cc(Br)ccc2C)c1. The van der Waals surface area contributed by atoms with Crippen molar-refractivity contribution in [1.82, 2.24) is 0 Å². The predicted octanol–water partition coefficient (Wildman–Crippen LogP) is 4.53. The number of hydrogen-bond donors (Lipinski definition) is 0. The van der Waals surface area contributed by atoms with Crippen LogP contribution < -0.4 is 0 Å². The zero-order chi connectivity index (χ0) is 10.8. The lowest BCUT2D eigenvalue weighted by molar-refractivity contribution is 1.41. The molecule has 0 amide bonds. The molecule has 0 spiro atoms. The molecule has 15 heavy (non-hydrogen) atoms. The molecular formula is C14H12Br. The van der Waals surface area contributed by atoms with E-state index in [4.69, 9.17) is 0 Å². The van der Waals surface area contributed by atoms with Gasteiger partial charge in [0.15, 0.2) is 0 Å². The third-order valence-corrected chi connectivity index (χ3v) is 2.95. The maximum atomic E-state index is 3.50. The molecule has 2 aromatic carbocycles. The van der Waals surface area contributed by atoms with E-state index in [1.807, 2.05) is 6.07 Å². The van der Waals surface area contributed by atoms with Crippen molar-refractivity contribution in [3.63, 3.8) is 0 Å². The lowest BCUT2D eigenvalue weighted by Crippen LogP contribution is -1.84. The van der Waals surface area contributed by atoms with Crippen LogP contribution >= 0.6 is 15.9 Å². The first-order valence-corrected chi connectivity index (χ1v) is 5.71. The molecule has 0 unspecified atom stereocenters. The van der Waals surface area contributed by atoms with Gasteiger partial charge in [-0.25, -0.2) is 0 Å². The fourth-order valence-electron chi connectivity index (χ4n) is 1.66. The topological polar surface area (TPSA) is 0 Å². The van der Waals surface area contributed by atoms with Crippen molar-refractivity contribution in [3.8, 4) is 11.1 Å². The van der Waals surface area contributed by atoms with E-state index in [9.17, 15) is 0 Å². The predicted molar refractivity (Wildman–Crippen MR) is 67.9 cm³/mol. The van der Waals surface area contributed by atoms with Crippen LogP contribution in [0.4, 0.5) is 0 Å². The van der Waals surface area contributed by atoms with Crippen LogP contribution in [0.3, 0.4) is 0 Å². The van der Waals surface area contributed by atoms with Crippen molar-refractivity contribution >= 4 is 15.9 Å². The van der Waals surface area contributed by atoms with E-state index in [0.717, 1.165) is 4.47 Å². The van der Waals surface area contributed by atoms with Gasteiger partial charge in [-0.2, -0.15) is 0 Å². The van der Waals surface area contributed by atoms with Crippen LogP contribution in [0, 0.1) is 19.9 Å². The molecule has 0 aromatic heterocycles. The Hall–Kier alpha value is -1.08. The number of halogens is 1. The minimum Gasteiger partial charge on any atom is -0.0576 e. The highest BCUT2D eigenvalue weighted by Crippen LogP contribution is 2.27. The summed E-state index contributed by atoms with van der Waals surface area (Å²) >= 11 is 3.50. The first kappa shape index (κ1) is 10.4. The normalized spacial score (nSPS) is 10.3. The molecule has 0 fully saturated rings. The van der Waals surface area contributed by atoms with Crippen LogP contribution in [0.1, 0.15) is 11.1 Å². The van der Waals surface area contributed by atoms with Crippen molar-refractivity contribution in [1.29, 1.82) is 0 Å². The van der Waals surface area contributed by atoms with Gasteiger partial charge in [0.05, 0.1) is 0 Å².